The van der Waals surface area contributed by atoms with Crippen molar-refractivity contribution in [2.75, 3.05) is 25.4 Å². The summed E-state index contributed by atoms with van der Waals surface area (Å²) in [6.07, 6.45) is 3.60. The quantitative estimate of drug-likeness (QED) is 0.167. The predicted octanol–water partition coefficient (Wildman–Crippen LogP) is 2.63. The SMILES string of the molecule is CC(CN(C(CO)CCCCNC(=O)[CH]Cc1cccc2ccccc12)S(=O)(=O)c1ccc(N)cc1)C(N)=O. The van der Waals surface area contributed by atoms with Crippen LogP contribution in [-0.2, 0) is 26.0 Å². The van der Waals surface area contributed by atoms with Gasteiger partial charge in [-0.3, -0.25) is 9.59 Å². The van der Waals surface area contributed by atoms with Crippen molar-refractivity contribution in [1.82, 2.24) is 9.62 Å². The van der Waals surface area contributed by atoms with Gasteiger partial charge in [0.1, 0.15) is 0 Å². The number of sulfonamides is 1. The number of anilines is 1. The Morgan fingerprint density at radius 1 is 1.03 bits per heavy atom. The number of nitrogens with one attached hydrogen (secondary N) is 1. The maximum Gasteiger partial charge on any atom is 0.243 e. The van der Waals surface area contributed by atoms with Gasteiger partial charge in [-0.2, -0.15) is 4.31 Å². The number of aliphatic hydroxyl groups is 1. The zero-order valence-corrected chi connectivity index (χ0v) is 22.9. The maximum atomic E-state index is 13.4. The van der Waals surface area contributed by atoms with E-state index in [-0.39, 0.29) is 17.3 Å². The number of primary amides is 1. The summed E-state index contributed by atoms with van der Waals surface area (Å²) >= 11 is 0. The van der Waals surface area contributed by atoms with Gasteiger partial charge < -0.3 is 21.9 Å². The molecule has 1 radical (unpaired) electrons. The highest BCUT2D eigenvalue weighted by Crippen LogP contribution is 2.23. The van der Waals surface area contributed by atoms with Crippen LogP contribution in [0.5, 0.6) is 0 Å². The van der Waals surface area contributed by atoms with Gasteiger partial charge in [0, 0.05) is 30.7 Å². The second kappa shape index (κ2) is 14.1. The molecule has 0 heterocycles. The number of aliphatic hydroxyl groups excluding tert-OH is 1. The Labute approximate surface area is 230 Å². The van der Waals surface area contributed by atoms with Crippen LogP contribution in [0.4, 0.5) is 5.69 Å². The Bertz CT molecular complexity index is 1360. The maximum absolute atomic E-state index is 13.4. The van der Waals surface area contributed by atoms with Crippen LogP contribution < -0.4 is 16.8 Å². The second-order valence-corrected chi connectivity index (χ2v) is 11.5. The molecular formula is C29H37N4O5S. The molecule has 2 unspecified atom stereocenters. The lowest BCUT2D eigenvalue weighted by molar-refractivity contribution is -0.121. The molecule has 3 aromatic carbocycles. The number of benzene rings is 3. The summed E-state index contributed by atoms with van der Waals surface area (Å²) in [6, 6.07) is 19.0. The lowest BCUT2D eigenvalue weighted by Gasteiger charge is -2.31. The van der Waals surface area contributed by atoms with Gasteiger partial charge in [0.05, 0.1) is 17.9 Å². The molecule has 10 heteroatoms. The Hall–Kier alpha value is -3.47. The Morgan fingerprint density at radius 2 is 1.72 bits per heavy atom. The van der Waals surface area contributed by atoms with Crippen molar-refractivity contribution in [3.8, 4) is 0 Å². The van der Waals surface area contributed by atoms with Gasteiger partial charge in [0.25, 0.3) is 0 Å². The van der Waals surface area contributed by atoms with Gasteiger partial charge >= 0.3 is 0 Å². The molecule has 0 aromatic heterocycles. The summed E-state index contributed by atoms with van der Waals surface area (Å²) in [6.45, 7) is 1.37. The first kappa shape index (κ1) is 30.1. The summed E-state index contributed by atoms with van der Waals surface area (Å²) in [4.78, 5) is 24.1. The normalized spacial score (nSPS) is 13.3. The topological polar surface area (TPSA) is 156 Å². The van der Waals surface area contributed by atoms with Crippen molar-refractivity contribution in [3.05, 3.63) is 78.7 Å². The number of fused-ring (bicyclic) bond motifs is 1. The third-order valence-electron chi connectivity index (χ3n) is 6.69. The number of amides is 2. The minimum atomic E-state index is -4.03. The van der Waals surface area contributed by atoms with Gasteiger partial charge in [-0.1, -0.05) is 55.8 Å². The Balaban J connectivity index is 1.54. The van der Waals surface area contributed by atoms with Gasteiger partial charge in [-0.05, 0) is 59.9 Å². The molecule has 0 aliphatic heterocycles. The summed E-state index contributed by atoms with van der Waals surface area (Å²) < 4.78 is 28.0. The van der Waals surface area contributed by atoms with E-state index in [1.165, 1.54) is 24.3 Å². The molecule has 3 aromatic rings. The number of unbranched alkanes of at least 4 members (excludes halogenated alkanes) is 1. The van der Waals surface area contributed by atoms with E-state index < -0.39 is 34.5 Å². The van der Waals surface area contributed by atoms with Crippen LogP contribution in [0.3, 0.4) is 0 Å². The molecule has 2 amide bonds. The van der Waals surface area contributed by atoms with Crippen molar-refractivity contribution in [2.24, 2.45) is 11.7 Å². The van der Waals surface area contributed by atoms with E-state index in [9.17, 15) is 23.1 Å². The molecule has 0 aliphatic carbocycles. The number of hydrogen-bond donors (Lipinski definition) is 4. The monoisotopic (exact) mass is 553 g/mol. The number of nitrogens with zero attached hydrogens (tertiary/aromatic N) is 1. The van der Waals surface area contributed by atoms with Crippen LogP contribution in [0.25, 0.3) is 10.8 Å². The molecule has 9 nitrogen and oxygen atoms in total. The van der Waals surface area contributed by atoms with E-state index in [2.05, 4.69) is 5.32 Å². The molecule has 0 aliphatic rings. The Kier molecular flexibility index (Phi) is 10.8. The summed E-state index contributed by atoms with van der Waals surface area (Å²) in [5, 5.41) is 15.2. The molecule has 0 fully saturated rings. The van der Waals surface area contributed by atoms with E-state index in [0.717, 1.165) is 20.6 Å². The van der Waals surface area contributed by atoms with Gasteiger partial charge in [-0.15, -0.1) is 0 Å². The van der Waals surface area contributed by atoms with Crippen LogP contribution in [0.2, 0.25) is 0 Å². The van der Waals surface area contributed by atoms with Crippen LogP contribution in [0, 0.1) is 12.3 Å². The van der Waals surface area contributed by atoms with Crippen molar-refractivity contribution >= 4 is 38.3 Å². The zero-order valence-electron chi connectivity index (χ0n) is 22.1. The lowest BCUT2D eigenvalue weighted by Crippen LogP contribution is -2.46. The smallest absolute Gasteiger partial charge is 0.243 e. The average Bonchev–Trinajstić information content (AvgIpc) is 2.92. The lowest BCUT2D eigenvalue weighted by atomic mass is 10.0. The molecule has 6 N–H and O–H groups in total. The molecule has 0 spiro atoms. The van der Waals surface area contributed by atoms with Gasteiger partial charge in [0.15, 0.2) is 0 Å². The fourth-order valence-corrected chi connectivity index (χ4v) is 6.10. The minimum absolute atomic E-state index is 0.0146. The summed E-state index contributed by atoms with van der Waals surface area (Å²) in [5.74, 6) is -1.56. The minimum Gasteiger partial charge on any atom is -0.399 e. The van der Waals surface area contributed by atoms with Crippen LogP contribution in [-0.4, -0.2) is 55.4 Å². The summed E-state index contributed by atoms with van der Waals surface area (Å²) in [7, 11) is -4.03. The first-order valence-corrected chi connectivity index (χ1v) is 14.4. The first-order chi connectivity index (χ1) is 18.6. The third kappa shape index (κ3) is 8.26. The third-order valence-corrected chi connectivity index (χ3v) is 8.63. The van der Waals surface area contributed by atoms with Gasteiger partial charge in [-0.25, -0.2) is 8.42 Å². The van der Waals surface area contributed by atoms with Crippen molar-refractivity contribution in [1.29, 1.82) is 0 Å². The fourth-order valence-electron chi connectivity index (χ4n) is 4.37. The highest BCUT2D eigenvalue weighted by Gasteiger charge is 2.33. The molecule has 0 bridgehead atoms. The van der Waals surface area contributed by atoms with Crippen LogP contribution in [0.1, 0.15) is 31.7 Å². The number of carbonyl (C=O) groups is 2. The van der Waals surface area contributed by atoms with Crippen LogP contribution in [0.15, 0.2) is 71.6 Å². The van der Waals surface area contributed by atoms with E-state index >= 15 is 0 Å². The molecular weight excluding hydrogens is 516 g/mol. The number of rotatable bonds is 15. The van der Waals surface area contributed by atoms with E-state index in [0.29, 0.717) is 37.9 Å². The van der Waals surface area contributed by atoms with E-state index in [1.54, 1.807) is 13.3 Å². The van der Waals surface area contributed by atoms with Crippen LogP contribution >= 0.6 is 0 Å². The summed E-state index contributed by atoms with van der Waals surface area (Å²) in [5.41, 5.74) is 12.6. The molecule has 2 atom stereocenters. The number of nitrogens with two attached hydrogens (primary N) is 2. The van der Waals surface area contributed by atoms with Gasteiger partial charge in [0.2, 0.25) is 21.8 Å². The predicted molar refractivity (Wildman–Crippen MR) is 153 cm³/mol. The van der Waals surface area contributed by atoms with Crippen molar-refractivity contribution < 1.29 is 23.1 Å². The molecule has 39 heavy (non-hydrogen) atoms. The fraction of sp³-hybridized carbons (Fsp3) is 0.345. The van der Waals surface area contributed by atoms with Crippen molar-refractivity contribution in [2.45, 2.75) is 43.5 Å². The highest BCUT2D eigenvalue weighted by atomic mass is 32.2. The number of carbonyl (C=O) groups excluding carboxylic acids is 2. The van der Waals surface area contributed by atoms with Crippen molar-refractivity contribution in [3.63, 3.8) is 0 Å². The number of nitrogen functional groups attached to an aromatic ring is 1. The standard InChI is InChI=1S/C29H37N4O5S/c1-21(29(31)36)19-33(39(37,38)26-15-13-24(30)14-16-26)25(20-34)10-4-5-18-32-28(35)17-12-23-9-6-8-22-7-2-3-11-27(22)23/h2-3,6-9,11,13-17,21,25,34H,4-5,10,12,18-20,30H2,1H3,(H2,31,36)(H,32,35). The molecule has 0 saturated heterocycles. The van der Waals surface area contributed by atoms with E-state index in [1.807, 2.05) is 42.5 Å². The first-order valence-electron chi connectivity index (χ1n) is 13.0. The Morgan fingerprint density at radius 3 is 2.41 bits per heavy atom. The zero-order chi connectivity index (χ0) is 28.4. The second-order valence-electron chi connectivity index (χ2n) is 9.62. The number of hydrogen-bond acceptors (Lipinski definition) is 6. The molecule has 209 valence electrons. The highest BCUT2D eigenvalue weighted by molar-refractivity contribution is 7.89. The average molecular weight is 554 g/mol. The molecule has 3 rings (SSSR count). The van der Waals surface area contributed by atoms with E-state index in [4.69, 9.17) is 11.5 Å². The molecule has 0 saturated carbocycles. The largest absolute Gasteiger partial charge is 0.399 e.